The predicted molar refractivity (Wildman–Crippen MR) is 73.8 cm³/mol. The summed E-state index contributed by atoms with van der Waals surface area (Å²) in [7, 11) is -3.24. The van der Waals surface area contributed by atoms with Gasteiger partial charge in [0.05, 0.1) is 19.0 Å². The molecule has 8 nitrogen and oxygen atoms in total. The number of nitrogens with zero attached hydrogens (tertiary/aromatic N) is 1. The van der Waals surface area contributed by atoms with Crippen molar-refractivity contribution >= 4 is 15.9 Å². The van der Waals surface area contributed by atoms with Crippen LogP contribution >= 0.6 is 0 Å². The second-order valence-corrected chi connectivity index (χ2v) is 6.89. The van der Waals surface area contributed by atoms with Gasteiger partial charge in [-0.1, -0.05) is 0 Å². The lowest BCUT2D eigenvalue weighted by Gasteiger charge is -2.31. The molecule has 1 saturated heterocycles. The molecule has 0 aromatic rings. The van der Waals surface area contributed by atoms with Crippen LogP contribution in [0, 0.1) is 0 Å². The number of sulfonamides is 1. The first-order valence-corrected chi connectivity index (χ1v) is 8.54. The predicted octanol–water partition coefficient (Wildman–Crippen LogP) is -0.959. The zero-order valence-electron chi connectivity index (χ0n) is 12.1. The molecule has 0 aromatic heterocycles. The van der Waals surface area contributed by atoms with Crippen LogP contribution in [-0.2, 0) is 29.0 Å². The molecule has 0 radical (unpaired) electrons. The van der Waals surface area contributed by atoms with Crippen LogP contribution in [0.15, 0.2) is 11.5 Å². The fourth-order valence-electron chi connectivity index (χ4n) is 2.13. The molecule has 9 heteroatoms. The van der Waals surface area contributed by atoms with E-state index >= 15 is 0 Å². The van der Waals surface area contributed by atoms with Gasteiger partial charge in [-0.3, -0.25) is 4.79 Å². The van der Waals surface area contributed by atoms with Gasteiger partial charge in [0.15, 0.2) is 0 Å². The van der Waals surface area contributed by atoms with Crippen LogP contribution in [-0.4, -0.2) is 70.4 Å². The number of nitrogens with one attached hydrogen (secondary N) is 1. The van der Waals surface area contributed by atoms with Crippen molar-refractivity contribution in [2.24, 2.45) is 0 Å². The number of morpholine rings is 1. The van der Waals surface area contributed by atoms with Crippen LogP contribution in [0.3, 0.4) is 0 Å². The van der Waals surface area contributed by atoms with Crippen LogP contribution in [0.1, 0.15) is 6.92 Å². The van der Waals surface area contributed by atoms with Crippen LogP contribution in [0.25, 0.3) is 0 Å². The Morgan fingerprint density at radius 1 is 1.33 bits per heavy atom. The first kappa shape index (κ1) is 16.1. The van der Waals surface area contributed by atoms with Crippen LogP contribution < -0.4 is 5.32 Å². The molecule has 120 valence electrons. The van der Waals surface area contributed by atoms with E-state index in [0.29, 0.717) is 32.1 Å². The minimum Gasteiger partial charge on any atom is -0.491 e. The van der Waals surface area contributed by atoms with Crippen molar-refractivity contribution in [1.29, 1.82) is 0 Å². The van der Waals surface area contributed by atoms with Gasteiger partial charge in [-0.15, -0.1) is 0 Å². The summed E-state index contributed by atoms with van der Waals surface area (Å²) in [5.74, 6) is 0.227. The summed E-state index contributed by atoms with van der Waals surface area (Å²) in [5, 5.41) is 2.68. The molecule has 0 bridgehead atoms. The lowest BCUT2D eigenvalue weighted by Crippen LogP contribution is -2.49. The van der Waals surface area contributed by atoms with Crippen molar-refractivity contribution < 1.29 is 27.4 Å². The van der Waals surface area contributed by atoms with Gasteiger partial charge < -0.3 is 19.5 Å². The van der Waals surface area contributed by atoms with Gasteiger partial charge >= 0.3 is 0 Å². The van der Waals surface area contributed by atoms with Crippen molar-refractivity contribution in [3.63, 3.8) is 0 Å². The van der Waals surface area contributed by atoms with E-state index in [2.05, 4.69) is 5.32 Å². The van der Waals surface area contributed by atoms with Crippen molar-refractivity contribution in [2.75, 3.05) is 45.7 Å². The van der Waals surface area contributed by atoms with Crippen molar-refractivity contribution in [2.45, 2.75) is 13.0 Å². The molecule has 2 aliphatic rings. The number of rotatable bonds is 4. The molecule has 0 saturated carbocycles. The Labute approximate surface area is 124 Å². The third-order valence-corrected chi connectivity index (χ3v) is 4.50. The van der Waals surface area contributed by atoms with Crippen LogP contribution in [0.5, 0.6) is 0 Å². The Bertz CT molecular complexity index is 530. The molecule has 1 N–H and O–H groups in total. The van der Waals surface area contributed by atoms with Gasteiger partial charge in [0.2, 0.25) is 15.8 Å². The summed E-state index contributed by atoms with van der Waals surface area (Å²) < 4.78 is 40.3. The van der Waals surface area contributed by atoms with Gasteiger partial charge in [-0.25, -0.2) is 8.42 Å². The van der Waals surface area contributed by atoms with E-state index in [0.717, 1.165) is 6.26 Å². The maximum atomic E-state index is 12.0. The SMILES string of the molecule is CC1=C(C(=O)NCC2CN(S(C)(=O)=O)CCO2)OCCO1. The highest BCUT2D eigenvalue weighted by Gasteiger charge is 2.27. The highest BCUT2D eigenvalue weighted by Crippen LogP contribution is 2.13. The highest BCUT2D eigenvalue weighted by atomic mass is 32.2. The number of carbonyl (C=O) groups is 1. The summed E-state index contributed by atoms with van der Waals surface area (Å²) in [6.45, 7) is 3.52. The topological polar surface area (TPSA) is 94.2 Å². The minimum atomic E-state index is -3.24. The Hall–Kier alpha value is -1.32. The Kier molecular flexibility index (Phi) is 5.07. The Morgan fingerprint density at radius 3 is 2.71 bits per heavy atom. The third-order valence-electron chi connectivity index (χ3n) is 3.24. The molecule has 2 rings (SSSR count). The number of amides is 1. The first-order chi connectivity index (χ1) is 9.88. The maximum absolute atomic E-state index is 12.0. The quantitative estimate of drug-likeness (QED) is 0.717. The molecule has 21 heavy (non-hydrogen) atoms. The van der Waals surface area contributed by atoms with Gasteiger partial charge in [0.1, 0.15) is 19.0 Å². The van der Waals surface area contributed by atoms with E-state index in [-0.39, 0.29) is 30.9 Å². The normalized spacial score (nSPS) is 24.2. The Morgan fingerprint density at radius 2 is 2.05 bits per heavy atom. The van der Waals surface area contributed by atoms with Gasteiger partial charge in [0, 0.05) is 19.6 Å². The lowest BCUT2D eigenvalue weighted by molar-refractivity contribution is -0.123. The lowest BCUT2D eigenvalue weighted by atomic mass is 10.3. The molecular formula is C12H20N2O6S. The molecule has 2 aliphatic heterocycles. The summed E-state index contributed by atoms with van der Waals surface area (Å²) in [6.07, 6.45) is 0.790. The Balaban J connectivity index is 1.87. The van der Waals surface area contributed by atoms with Gasteiger partial charge in [-0.2, -0.15) is 4.31 Å². The van der Waals surface area contributed by atoms with Crippen molar-refractivity contribution in [3.05, 3.63) is 11.5 Å². The summed E-state index contributed by atoms with van der Waals surface area (Å²) >= 11 is 0. The number of hydrogen-bond acceptors (Lipinski definition) is 6. The fourth-order valence-corrected chi connectivity index (χ4v) is 2.98. The molecule has 1 amide bonds. The second-order valence-electron chi connectivity index (χ2n) is 4.91. The summed E-state index contributed by atoms with van der Waals surface area (Å²) in [6, 6.07) is 0. The van der Waals surface area contributed by atoms with E-state index < -0.39 is 10.0 Å². The number of carbonyl (C=O) groups excluding carboxylic acids is 1. The second kappa shape index (κ2) is 6.63. The molecule has 1 atom stereocenters. The average Bonchev–Trinajstić information content (AvgIpc) is 2.45. The van der Waals surface area contributed by atoms with E-state index in [9.17, 15) is 13.2 Å². The number of hydrogen-bond donors (Lipinski definition) is 1. The molecule has 1 fully saturated rings. The standard InChI is InChI=1S/C12H20N2O6S/c1-9-11(20-6-5-18-9)12(15)13-7-10-8-14(3-4-19-10)21(2,16)17/h10H,3-8H2,1-2H3,(H,13,15). The monoisotopic (exact) mass is 320 g/mol. The summed E-state index contributed by atoms with van der Waals surface area (Å²) in [5.41, 5.74) is 0. The zero-order chi connectivity index (χ0) is 15.5. The molecule has 0 spiro atoms. The maximum Gasteiger partial charge on any atom is 0.290 e. The highest BCUT2D eigenvalue weighted by molar-refractivity contribution is 7.88. The fraction of sp³-hybridized carbons (Fsp3) is 0.750. The van der Waals surface area contributed by atoms with Crippen LogP contribution in [0.4, 0.5) is 0 Å². The molecule has 0 aliphatic carbocycles. The summed E-state index contributed by atoms with van der Waals surface area (Å²) in [4.78, 5) is 12.0. The van der Waals surface area contributed by atoms with Crippen molar-refractivity contribution in [1.82, 2.24) is 9.62 Å². The molecule has 0 aromatic carbocycles. The van der Waals surface area contributed by atoms with E-state index in [1.54, 1.807) is 6.92 Å². The third kappa shape index (κ3) is 4.32. The average molecular weight is 320 g/mol. The van der Waals surface area contributed by atoms with E-state index in [1.165, 1.54) is 4.31 Å². The largest absolute Gasteiger partial charge is 0.491 e. The van der Waals surface area contributed by atoms with E-state index in [1.807, 2.05) is 0 Å². The zero-order valence-corrected chi connectivity index (χ0v) is 12.9. The first-order valence-electron chi connectivity index (χ1n) is 6.69. The molecule has 1 unspecified atom stereocenters. The van der Waals surface area contributed by atoms with Crippen molar-refractivity contribution in [3.8, 4) is 0 Å². The minimum absolute atomic E-state index is 0.164. The molecular weight excluding hydrogens is 300 g/mol. The number of ether oxygens (including phenoxy) is 3. The smallest absolute Gasteiger partial charge is 0.290 e. The number of allylic oxidation sites excluding steroid dienone is 1. The van der Waals surface area contributed by atoms with Crippen LogP contribution in [0.2, 0.25) is 0 Å². The van der Waals surface area contributed by atoms with Gasteiger partial charge in [-0.05, 0) is 6.92 Å². The van der Waals surface area contributed by atoms with Gasteiger partial charge in [0.25, 0.3) is 5.91 Å². The van der Waals surface area contributed by atoms with E-state index in [4.69, 9.17) is 14.2 Å². The molecule has 2 heterocycles.